The molecule has 0 spiro atoms. The Morgan fingerprint density at radius 1 is 0.457 bits per heavy atom. The molecule has 0 saturated heterocycles. The second-order valence-electron chi connectivity index (χ2n) is 13.0. The van der Waals surface area contributed by atoms with E-state index in [-0.39, 0.29) is 5.41 Å². The van der Waals surface area contributed by atoms with E-state index in [1.54, 1.807) is 0 Å². The average Bonchev–Trinajstić information content (AvgIpc) is 3.48. The number of para-hydroxylation sites is 1. The minimum atomic E-state index is 0.0711. The maximum Gasteiger partial charge on any atom is 0.0555 e. The van der Waals surface area contributed by atoms with Crippen LogP contribution < -0.4 is 4.90 Å². The largest absolute Gasteiger partial charge is 0.309 e. The Morgan fingerprint density at radius 3 is 1.85 bits per heavy atom. The summed E-state index contributed by atoms with van der Waals surface area (Å²) in [6.45, 7) is 6.83. The highest BCUT2D eigenvalue weighted by Crippen LogP contribution is 2.48. The number of benzene rings is 7. The first-order chi connectivity index (χ1) is 22.5. The molecule has 0 bridgehead atoms. The van der Waals surface area contributed by atoms with Gasteiger partial charge in [-0.15, -0.1) is 11.3 Å². The van der Waals surface area contributed by atoms with E-state index in [0.717, 1.165) is 11.4 Å². The van der Waals surface area contributed by atoms with Gasteiger partial charge in [0.05, 0.1) is 11.4 Å². The standard InChI is InChI=1S/C44H35NS/c1-44(2,3)32-26-28-33(29-27-32)45(39-23-13-25-41-43(39)37-19-8-10-24-40(37)46-41)38-22-9-7-18-35(38)36-21-12-17-31-16-11-20-34(42(31)36)30-14-5-4-6-15-30/h4-29H,1-3H3. The quantitative estimate of drug-likeness (QED) is 0.188. The van der Waals surface area contributed by atoms with Crippen molar-refractivity contribution in [3.63, 3.8) is 0 Å². The van der Waals surface area contributed by atoms with E-state index in [1.165, 1.54) is 64.4 Å². The van der Waals surface area contributed by atoms with Gasteiger partial charge in [-0.05, 0) is 74.8 Å². The van der Waals surface area contributed by atoms with Gasteiger partial charge < -0.3 is 4.90 Å². The summed E-state index contributed by atoms with van der Waals surface area (Å²) in [5.41, 5.74) is 9.79. The molecule has 1 aromatic heterocycles. The molecule has 0 radical (unpaired) electrons. The molecule has 222 valence electrons. The first-order valence-electron chi connectivity index (χ1n) is 15.9. The lowest BCUT2D eigenvalue weighted by atomic mass is 9.87. The number of nitrogens with zero attached hydrogens (tertiary/aromatic N) is 1. The molecule has 46 heavy (non-hydrogen) atoms. The van der Waals surface area contributed by atoms with Crippen LogP contribution in [0.2, 0.25) is 0 Å². The van der Waals surface area contributed by atoms with Gasteiger partial charge in [0, 0.05) is 31.4 Å². The van der Waals surface area contributed by atoms with Gasteiger partial charge in [0.1, 0.15) is 0 Å². The Balaban J connectivity index is 1.43. The molecule has 0 unspecified atom stereocenters. The van der Waals surface area contributed by atoms with Crippen molar-refractivity contribution in [1.82, 2.24) is 0 Å². The zero-order valence-electron chi connectivity index (χ0n) is 26.4. The smallest absolute Gasteiger partial charge is 0.0555 e. The lowest BCUT2D eigenvalue weighted by Gasteiger charge is -2.30. The van der Waals surface area contributed by atoms with Crippen molar-refractivity contribution in [3.05, 3.63) is 163 Å². The number of fused-ring (bicyclic) bond motifs is 4. The van der Waals surface area contributed by atoms with E-state index in [0.29, 0.717) is 0 Å². The number of hydrogen-bond donors (Lipinski definition) is 0. The zero-order valence-corrected chi connectivity index (χ0v) is 27.2. The van der Waals surface area contributed by atoms with E-state index in [1.807, 2.05) is 11.3 Å². The van der Waals surface area contributed by atoms with Crippen molar-refractivity contribution in [3.8, 4) is 22.3 Å². The van der Waals surface area contributed by atoms with Gasteiger partial charge >= 0.3 is 0 Å². The third-order valence-electron chi connectivity index (χ3n) is 9.04. The molecule has 0 fully saturated rings. The van der Waals surface area contributed by atoms with Crippen LogP contribution in [0.4, 0.5) is 17.1 Å². The first kappa shape index (κ1) is 28.3. The van der Waals surface area contributed by atoms with Crippen LogP contribution in [0.25, 0.3) is 53.2 Å². The van der Waals surface area contributed by atoms with Crippen LogP contribution in [0.15, 0.2) is 158 Å². The van der Waals surface area contributed by atoms with Gasteiger partial charge in [0.15, 0.2) is 0 Å². The second kappa shape index (κ2) is 11.3. The first-order valence-corrected chi connectivity index (χ1v) is 16.8. The van der Waals surface area contributed by atoms with Gasteiger partial charge in [-0.2, -0.15) is 0 Å². The lowest BCUT2D eigenvalue weighted by molar-refractivity contribution is 0.590. The molecule has 0 aliphatic rings. The molecule has 0 atom stereocenters. The SMILES string of the molecule is CC(C)(C)c1ccc(N(c2ccccc2-c2cccc3cccc(-c4ccccc4)c23)c2cccc3sc4ccccc4c23)cc1. The fourth-order valence-electron chi connectivity index (χ4n) is 6.78. The van der Waals surface area contributed by atoms with Crippen LogP contribution in [0.5, 0.6) is 0 Å². The summed E-state index contributed by atoms with van der Waals surface area (Å²) >= 11 is 1.86. The Hall–Kier alpha value is -5.18. The van der Waals surface area contributed by atoms with Gasteiger partial charge in [-0.1, -0.05) is 142 Å². The Kier molecular flexibility index (Phi) is 6.96. The van der Waals surface area contributed by atoms with Gasteiger partial charge in [-0.3, -0.25) is 0 Å². The highest BCUT2D eigenvalue weighted by molar-refractivity contribution is 7.26. The molecule has 2 heteroatoms. The third kappa shape index (κ3) is 4.87. The highest BCUT2D eigenvalue weighted by Gasteiger charge is 2.23. The predicted octanol–water partition coefficient (Wildman–Crippen LogP) is 13.3. The summed E-state index contributed by atoms with van der Waals surface area (Å²) in [5, 5.41) is 5.09. The Labute approximate surface area is 275 Å². The summed E-state index contributed by atoms with van der Waals surface area (Å²) in [5.74, 6) is 0. The number of rotatable bonds is 5. The minimum absolute atomic E-state index is 0.0711. The Morgan fingerprint density at radius 2 is 1.07 bits per heavy atom. The summed E-state index contributed by atoms with van der Waals surface area (Å²) in [6, 6.07) is 57.8. The van der Waals surface area contributed by atoms with E-state index >= 15 is 0 Å². The molecule has 7 aromatic carbocycles. The van der Waals surface area contributed by atoms with E-state index in [2.05, 4.69) is 183 Å². The Bertz CT molecular complexity index is 2330. The van der Waals surface area contributed by atoms with Crippen LogP contribution in [0, 0.1) is 0 Å². The highest BCUT2D eigenvalue weighted by atomic mass is 32.1. The lowest BCUT2D eigenvalue weighted by Crippen LogP contribution is -2.14. The van der Waals surface area contributed by atoms with Crippen molar-refractivity contribution in [2.75, 3.05) is 4.90 Å². The monoisotopic (exact) mass is 609 g/mol. The third-order valence-corrected chi connectivity index (χ3v) is 10.2. The van der Waals surface area contributed by atoms with Gasteiger partial charge in [-0.25, -0.2) is 0 Å². The van der Waals surface area contributed by atoms with Crippen LogP contribution in [-0.2, 0) is 5.41 Å². The average molecular weight is 610 g/mol. The molecule has 0 amide bonds. The molecule has 8 rings (SSSR count). The summed E-state index contributed by atoms with van der Waals surface area (Å²) in [4.78, 5) is 2.48. The normalized spacial score (nSPS) is 11.8. The fourth-order valence-corrected chi connectivity index (χ4v) is 7.91. The molecule has 0 aliphatic carbocycles. The van der Waals surface area contributed by atoms with Crippen molar-refractivity contribution in [2.45, 2.75) is 26.2 Å². The van der Waals surface area contributed by atoms with Gasteiger partial charge in [0.2, 0.25) is 0 Å². The fraction of sp³-hybridized carbons (Fsp3) is 0.0909. The number of anilines is 3. The minimum Gasteiger partial charge on any atom is -0.309 e. The topological polar surface area (TPSA) is 3.24 Å². The van der Waals surface area contributed by atoms with Crippen LogP contribution in [0.3, 0.4) is 0 Å². The molecule has 8 aromatic rings. The maximum atomic E-state index is 2.48. The van der Waals surface area contributed by atoms with Crippen LogP contribution >= 0.6 is 11.3 Å². The van der Waals surface area contributed by atoms with Crippen molar-refractivity contribution < 1.29 is 0 Å². The van der Waals surface area contributed by atoms with Crippen LogP contribution in [-0.4, -0.2) is 0 Å². The van der Waals surface area contributed by atoms with Crippen molar-refractivity contribution in [2.24, 2.45) is 0 Å². The summed E-state index contributed by atoms with van der Waals surface area (Å²) < 4.78 is 2.60. The molecule has 1 nitrogen and oxygen atoms in total. The molecular weight excluding hydrogens is 575 g/mol. The van der Waals surface area contributed by atoms with E-state index in [4.69, 9.17) is 0 Å². The number of thiophene rings is 1. The molecular formula is C44H35NS. The maximum absolute atomic E-state index is 2.48. The van der Waals surface area contributed by atoms with Crippen LogP contribution in [0.1, 0.15) is 26.3 Å². The molecule has 0 N–H and O–H groups in total. The van der Waals surface area contributed by atoms with E-state index < -0.39 is 0 Å². The summed E-state index contributed by atoms with van der Waals surface area (Å²) in [6.07, 6.45) is 0. The van der Waals surface area contributed by atoms with Crippen molar-refractivity contribution >= 4 is 59.3 Å². The van der Waals surface area contributed by atoms with Gasteiger partial charge in [0.25, 0.3) is 0 Å². The summed E-state index contributed by atoms with van der Waals surface area (Å²) in [7, 11) is 0. The second-order valence-corrected chi connectivity index (χ2v) is 14.1. The molecule has 1 heterocycles. The van der Waals surface area contributed by atoms with E-state index in [9.17, 15) is 0 Å². The number of hydrogen-bond acceptors (Lipinski definition) is 2. The predicted molar refractivity (Wildman–Crippen MR) is 201 cm³/mol. The molecule has 0 aliphatic heterocycles. The van der Waals surface area contributed by atoms with Crippen molar-refractivity contribution in [1.29, 1.82) is 0 Å². The molecule has 0 saturated carbocycles. The zero-order chi connectivity index (χ0) is 31.3.